The summed E-state index contributed by atoms with van der Waals surface area (Å²) in [6.07, 6.45) is 1.71. The zero-order valence-corrected chi connectivity index (χ0v) is 8.08. The van der Waals surface area contributed by atoms with E-state index in [0.29, 0.717) is 11.7 Å². The lowest BCUT2D eigenvalue weighted by atomic mass is 9.93. The van der Waals surface area contributed by atoms with Crippen LogP contribution in [0.25, 0.3) is 0 Å². The lowest BCUT2D eigenvalue weighted by Gasteiger charge is -2.05. The summed E-state index contributed by atoms with van der Waals surface area (Å²) in [6.45, 7) is 0. The molecular formula is C9H7BN2O4. The lowest BCUT2D eigenvalue weighted by molar-refractivity contribution is -0.402. The number of benzene rings is 1. The standard InChI is InChI=1S/C9H7BN2O4/c10-6-1-2-8(7(5-6)9(13)14)11-3-4-12(15)16/h1-5,11H,(H,13,14)/b4-3+. The Morgan fingerprint density at radius 1 is 1.56 bits per heavy atom. The topological polar surface area (TPSA) is 92.5 Å². The highest BCUT2D eigenvalue weighted by Crippen LogP contribution is 2.13. The van der Waals surface area contributed by atoms with Gasteiger partial charge in [-0.25, -0.2) is 4.79 Å². The highest BCUT2D eigenvalue weighted by Gasteiger charge is 2.08. The fraction of sp³-hybridized carbons (Fsp3) is 0. The van der Waals surface area contributed by atoms with Crippen molar-refractivity contribution >= 4 is 25.0 Å². The zero-order chi connectivity index (χ0) is 12.1. The molecule has 0 unspecified atom stereocenters. The van der Waals surface area contributed by atoms with E-state index in [-0.39, 0.29) is 11.3 Å². The fourth-order valence-corrected chi connectivity index (χ4v) is 1.05. The van der Waals surface area contributed by atoms with Crippen molar-refractivity contribution in [3.8, 4) is 0 Å². The number of rotatable bonds is 4. The largest absolute Gasteiger partial charge is 0.478 e. The summed E-state index contributed by atoms with van der Waals surface area (Å²) in [5.41, 5.74) is 0.494. The summed E-state index contributed by atoms with van der Waals surface area (Å²) < 4.78 is 0. The van der Waals surface area contributed by atoms with Crippen LogP contribution in [0.5, 0.6) is 0 Å². The van der Waals surface area contributed by atoms with Crippen molar-refractivity contribution in [1.29, 1.82) is 0 Å². The van der Waals surface area contributed by atoms with Crippen LogP contribution < -0.4 is 10.8 Å². The Morgan fingerprint density at radius 2 is 2.25 bits per heavy atom. The minimum atomic E-state index is -1.16. The molecule has 1 aromatic carbocycles. The molecule has 1 rings (SSSR count). The number of hydrogen-bond acceptors (Lipinski definition) is 4. The van der Waals surface area contributed by atoms with E-state index < -0.39 is 10.9 Å². The van der Waals surface area contributed by atoms with E-state index in [1.54, 1.807) is 0 Å². The van der Waals surface area contributed by atoms with E-state index in [9.17, 15) is 14.9 Å². The van der Waals surface area contributed by atoms with Gasteiger partial charge in [0, 0.05) is 0 Å². The van der Waals surface area contributed by atoms with Gasteiger partial charge in [-0.1, -0.05) is 17.6 Å². The molecule has 0 saturated heterocycles. The smallest absolute Gasteiger partial charge is 0.337 e. The number of anilines is 1. The minimum Gasteiger partial charge on any atom is -0.478 e. The molecule has 0 atom stereocenters. The highest BCUT2D eigenvalue weighted by atomic mass is 16.6. The van der Waals surface area contributed by atoms with Gasteiger partial charge in [0.25, 0.3) is 0 Å². The molecule has 0 heterocycles. The maximum atomic E-state index is 10.8. The Labute approximate surface area is 92.1 Å². The Morgan fingerprint density at radius 3 is 2.81 bits per heavy atom. The average molecular weight is 218 g/mol. The van der Waals surface area contributed by atoms with Gasteiger partial charge in [0.15, 0.2) is 0 Å². The predicted octanol–water partition coefficient (Wildman–Crippen LogP) is 0.338. The van der Waals surface area contributed by atoms with E-state index in [0.717, 1.165) is 6.20 Å². The number of aromatic carboxylic acids is 1. The minimum absolute atomic E-state index is 0.0482. The Balaban J connectivity index is 2.95. The number of hydrogen-bond donors (Lipinski definition) is 2. The number of nitrogens with one attached hydrogen (secondary N) is 1. The summed E-state index contributed by atoms with van der Waals surface area (Å²) >= 11 is 0. The molecule has 0 bridgehead atoms. The first kappa shape index (κ1) is 11.8. The van der Waals surface area contributed by atoms with Crippen LogP contribution in [0.2, 0.25) is 0 Å². The number of nitrogens with zero attached hydrogens (tertiary/aromatic N) is 1. The number of carboxylic acid groups (broad SMARTS) is 1. The van der Waals surface area contributed by atoms with Crippen molar-refractivity contribution in [2.24, 2.45) is 0 Å². The second-order valence-electron chi connectivity index (χ2n) is 2.86. The monoisotopic (exact) mass is 218 g/mol. The van der Waals surface area contributed by atoms with Crippen LogP contribution in [0.3, 0.4) is 0 Å². The molecule has 0 saturated carbocycles. The van der Waals surface area contributed by atoms with Crippen molar-refractivity contribution < 1.29 is 14.8 Å². The zero-order valence-electron chi connectivity index (χ0n) is 8.08. The van der Waals surface area contributed by atoms with Crippen LogP contribution in [-0.4, -0.2) is 23.8 Å². The van der Waals surface area contributed by atoms with Gasteiger partial charge in [-0.15, -0.1) is 0 Å². The molecule has 0 aliphatic carbocycles. The van der Waals surface area contributed by atoms with Crippen molar-refractivity contribution in [2.45, 2.75) is 0 Å². The van der Waals surface area contributed by atoms with Gasteiger partial charge in [0.2, 0.25) is 6.20 Å². The van der Waals surface area contributed by atoms with Crippen LogP contribution in [0.1, 0.15) is 10.4 Å². The van der Waals surface area contributed by atoms with Crippen molar-refractivity contribution in [3.05, 3.63) is 46.3 Å². The normalized spacial score (nSPS) is 10.2. The Kier molecular flexibility index (Phi) is 3.65. The fourth-order valence-electron chi connectivity index (χ4n) is 1.05. The maximum absolute atomic E-state index is 10.8. The van der Waals surface area contributed by atoms with Gasteiger partial charge in [-0.3, -0.25) is 10.1 Å². The quantitative estimate of drug-likeness (QED) is 0.431. The first-order valence-corrected chi connectivity index (χ1v) is 4.20. The predicted molar refractivity (Wildman–Crippen MR) is 58.5 cm³/mol. The number of carbonyl (C=O) groups is 1. The van der Waals surface area contributed by atoms with Gasteiger partial charge >= 0.3 is 5.97 Å². The molecule has 0 spiro atoms. The van der Waals surface area contributed by atoms with Crippen molar-refractivity contribution in [3.63, 3.8) is 0 Å². The first-order valence-electron chi connectivity index (χ1n) is 4.20. The summed E-state index contributed by atoms with van der Waals surface area (Å²) in [6, 6.07) is 4.20. The molecule has 0 fully saturated rings. The molecule has 1 aromatic rings. The maximum Gasteiger partial charge on any atom is 0.337 e. The van der Waals surface area contributed by atoms with Gasteiger partial charge in [-0.05, 0) is 6.07 Å². The Bertz CT molecular complexity index is 459. The van der Waals surface area contributed by atoms with Crippen LogP contribution in [0.15, 0.2) is 30.6 Å². The second kappa shape index (κ2) is 4.97. The molecule has 6 nitrogen and oxygen atoms in total. The lowest BCUT2D eigenvalue weighted by Crippen LogP contribution is -2.09. The molecule has 7 heteroatoms. The third-order valence-corrected chi connectivity index (χ3v) is 1.71. The van der Waals surface area contributed by atoms with E-state index >= 15 is 0 Å². The van der Waals surface area contributed by atoms with Gasteiger partial charge < -0.3 is 10.4 Å². The van der Waals surface area contributed by atoms with Gasteiger partial charge in [-0.2, -0.15) is 0 Å². The average Bonchev–Trinajstić information content (AvgIpc) is 2.19. The summed E-state index contributed by atoms with van der Waals surface area (Å²) in [4.78, 5) is 20.2. The molecule has 0 aliphatic heterocycles. The first-order chi connectivity index (χ1) is 7.50. The molecule has 0 aromatic heterocycles. The van der Waals surface area contributed by atoms with E-state index in [1.165, 1.54) is 18.2 Å². The molecule has 0 amide bonds. The number of carboxylic acids is 1. The van der Waals surface area contributed by atoms with Crippen LogP contribution in [-0.2, 0) is 0 Å². The third kappa shape index (κ3) is 3.12. The Hall–Kier alpha value is -2.31. The molecule has 2 radical (unpaired) electrons. The summed E-state index contributed by atoms with van der Waals surface area (Å²) in [7, 11) is 5.42. The summed E-state index contributed by atoms with van der Waals surface area (Å²) in [5, 5.41) is 21.3. The molecule has 16 heavy (non-hydrogen) atoms. The molecule has 0 aliphatic rings. The highest BCUT2D eigenvalue weighted by molar-refractivity contribution is 6.32. The molecular weight excluding hydrogens is 211 g/mol. The SMILES string of the molecule is [B]c1ccc(N/C=C/[N+](=O)[O-])c(C(=O)O)c1. The van der Waals surface area contributed by atoms with E-state index in [4.69, 9.17) is 13.0 Å². The van der Waals surface area contributed by atoms with E-state index in [2.05, 4.69) is 5.32 Å². The molecule has 80 valence electrons. The van der Waals surface area contributed by atoms with Crippen molar-refractivity contribution in [2.75, 3.05) is 5.32 Å². The van der Waals surface area contributed by atoms with Crippen LogP contribution in [0.4, 0.5) is 5.69 Å². The van der Waals surface area contributed by atoms with E-state index in [1.807, 2.05) is 0 Å². The van der Waals surface area contributed by atoms with Gasteiger partial charge in [0.1, 0.15) is 7.85 Å². The van der Waals surface area contributed by atoms with Gasteiger partial charge in [0.05, 0.1) is 22.4 Å². The molecule has 2 N–H and O–H groups in total. The third-order valence-electron chi connectivity index (χ3n) is 1.71. The van der Waals surface area contributed by atoms with Crippen molar-refractivity contribution in [1.82, 2.24) is 0 Å². The van der Waals surface area contributed by atoms with Crippen LogP contribution >= 0.6 is 0 Å². The second-order valence-corrected chi connectivity index (χ2v) is 2.86. The summed E-state index contributed by atoms with van der Waals surface area (Å²) in [5.74, 6) is -1.16. The number of nitro groups is 1. The van der Waals surface area contributed by atoms with Crippen LogP contribution in [0, 0.1) is 10.1 Å².